The summed E-state index contributed by atoms with van der Waals surface area (Å²) < 4.78 is 18.3. The van der Waals surface area contributed by atoms with Crippen LogP contribution in [0.5, 0.6) is 11.5 Å². The highest BCUT2D eigenvalue weighted by Crippen LogP contribution is 2.45. The minimum atomic E-state index is -1.54. The zero-order valence-electron chi connectivity index (χ0n) is 35.9. The van der Waals surface area contributed by atoms with E-state index in [0.717, 1.165) is 62.5 Å². The number of nitrogens with one attached hydrogen (secondary N) is 3. The first kappa shape index (κ1) is 43.8. The van der Waals surface area contributed by atoms with Crippen molar-refractivity contribution in [1.82, 2.24) is 25.5 Å². The van der Waals surface area contributed by atoms with Crippen LogP contribution in [0.4, 0.5) is 9.93 Å². The standard InChI is InChI=1S/C45H58N6O9S/c1-8-27-21-45(27,41(55)56)50-39(53)33-19-29(22-51(33)40(54)38(44(4,5)6)49-43(57)60-28-15-11-12-16-28)59-34-20-31(46-36-25(3)37(58-7)24(2)17-30(34)36)32-23-61-42(47-32)48-35(52)18-26-13-9-10-14-26/h8,17,20,23,26-29,33,38H,1,9-16,18-19,21-22H2,2-7H3,(H,49,57)(H,50,53)(H,55,56)(H,47,48,52)/t27-,29-,33+,38-,45-/m1/s1. The number of fused-ring (bicyclic) bond motifs is 1. The number of aryl methyl sites for hydroxylation is 2. The number of pyridine rings is 1. The summed E-state index contributed by atoms with van der Waals surface area (Å²) in [6.45, 7) is 13.0. The molecule has 4 fully saturated rings. The van der Waals surface area contributed by atoms with Crippen LogP contribution in [0.25, 0.3) is 22.3 Å². The van der Waals surface area contributed by atoms with E-state index in [0.29, 0.717) is 51.3 Å². The molecule has 1 saturated heterocycles. The molecule has 3 aromatic rings. The quantitative estimate of drug-likeness (QED) is 0.121. The molecule has 0 radical (unpaired) electrons. The van der Waals surface area contributed by atoms with Gasteiger partial charge in [-0.3, -0.25) is 14.4 Å². The lowest BCUT2D eigenvalue weighted by molar-refractivity contribution is -0.146. The third-order valence-corrected chi connectivity index (χ3v) is 13.5. The van der Waals surface area contributed by atoms with Gasteiger partial charge in [0.25, 0.3) is 0 Å². The largest absolute Gasteiger partial charge is 0.496 e. The first-order valence-corrected chi connectivity index (χ1v) is 22.3. The van der Waals surface area contributed by atoms with Gasteiger partial charge in [-0.25, -0.2) is 19.6 Å². The van der Waals surface area contributed by atoms with Gasteiger partial charge in [0.05, 0.1) is 24.9 Å². The fourth-order valence-corrected chi connectivity index (χ4v) is 10.00. The lowest BCUT2D eigenvalue weighted by Gasteiger charge is -2.35. The van der Waals surface area contributed by atoms with E-state index in [2.05, 4.69) is 22.5 Å². The molecule has 7 rings (SSSR count). The molecule has 4 aliphatic rings. The molecule has 3 aliphatic carbocycles. The fourth-order valence-electron chi connectivity index (χ4n) is 9.28. The second kappa shape index (κ2) is 17.6. The Labute approximate surface area is 360 Å². The molecule has 2 aromatic heterocycles. The van der Waals surface area contributed by atoms with Crippen LogP contribution in [0.1, 0.15) is 103 Å². The Kier molecular flexibility index (Phi) is 12.7. The Morgan fingerprint density at radius 1 is 1.03 bits per heavy atom. The van der Waals surface area contributed by atoms with Crippen LogP contribution in [0.3, 0.4) is 0 Å². The lowest BCUT2D eigenvalue weighted by Crippen LogP contribution is -2.59. The molecular weight excluding hydrogens is 801 g/mol. The zero-order valence-corrected chi connectivity index (χ0v) is 36.7. The van der Waals surface area contributed by atoms with Crippen molar-refractivity contribution < 1.29 is 43.3 Å². The van der Waals surface area contributed by atoms with E-state index in [4.69, 9.17) is 24.2 Å². The van der Waals surface area contributed by atoms with Gasteiger partial charge >= 0.3 is 12.1 Å². The van der Waals surface area contributed by atoms with Crippen molar-refractivity contribution in [3.63, 3.8) is 0 Å². The number of anilines is 1. The number of methoxy groups -OCH3 is 1. The van der Waals surface area contributed by atoms with Crippen LogP contribution >= 0.6 is 11.3 Å². The number of carboxylic acids is 1. The smallest absolute Gasteiger partial charge is 0.408 e. The number of amides is 4. The number of aromatic nitrogens is 2. The van der Waals surface area contributed by atoms with E-state index in [9.17, 15) is 29.1 Å². The number of thiazole rings is 1. The van der Waals surface area contributed by atoms with Gasteiger partial charge in [-0.1, -0.05) is 39.7 Å². The number of rotatable bonds is 14. The Bertz CT molecular complexity index is 2210. The van der Waals surface area contributed by atoms with Crippen molar-refractivity contribution in [1.29, 1.82) is 0 Å². The van der Waals surface area contributed by atoms with E-state index in [1.54, 1.807) is 13.2 Å². The number of hydrogen-bond donors (Lipinski definition) is 4. The van der Waals surface area contributed by atoms with Crippen molar-refractivity contribution >= 4 is 57.2 Å². The molecule has 3 saturated carbocycles. The van der Waals surface area contributed by atoms with E-state index < -0.39 is 58.9 Å². The summed E-state index contributed by atoms with van der Waals surface area (Å²) in [7, 11) is 1.60. The second-order valence-electron chi connectivity index (χ2n) is 18.2. The second-order valence-corrected chi connectivity index (χ2v) is 19.1. The summed E-state index contributed by atoms with van der Waals surface area (Å²) in [5.74, 6) is -1.42. The third-order valence-electron chi connectivity index (χ3n) is 12.7. The number of carbonyl (C=O) groups is 5. The van der Waals surface area contributed by atoms with Crippen molar-refractivity contribution in [2.75, 3.05) is 19.0 Å². The molecule has 4 N–H and O–H groups in total. The average molecular weight is 859 g/mol. The highest BCUT2D eigenvalue weighted by molar-refractivity contribution is 7.14. The van der Waals surface area contributed by atoms with Gasteiger partial charge in [0.15, 0.2) is 5.13 Å². The van der Waals surface area contributed by atoms with Crippen LogP contribution < -0.4 is 25.4 Å². The van der Waals surface area contributed by atoms with E-state index in [1.165, 1.54) is 22.3 Å². The van der Waals surface area contributed by atoms with Gasteiger partial charge in [0.1, 0.15) is 47.0 Å². The zero-order chi connectivity index (χ0) is 43.8. The Balaban J connectivity index is 1.20. The van der Waals surface area contributed by atoms with E-state index in [-0.39, 0.29) is 31.4 Å². The molecule has 0 unspecified atom stereocenters. The van der Waals surface area contributed by atoms with Crippen molar-refractivity contribution in [3.05, 3.63) is 41.3 Å². The van der Waals surface area contributed by atoms with Gasteiger partial charge < -0.3 is 40.2 Å². The maximum Gasteiger partial charge on any atom is 0.408 e. The van der Waals surface area contributed by atoms with Gasteiger partial charge in [-0.15, -0.1) is 17.9 Å². The minimum absolute atomic E-state index is 0.0244. The van der Waals surface area contributed by atoms with Gasteiger partial charge in [0.2, 0.25) is 17.7 Å². The van der Waals surface area contributed by atoms with E-state index in [1.807, 2.05) is 46.1 Å². The van der Waals surface area contributed by atoms with Gasteiger partial charge in [-0.2, -0.15) is 0 Å². The molecule has 1 aliphatic heterocycles. The molecule has 328 valence electrons. The lowest BCUT2D eigenvalue weighted by atomic mass is 9.85. The molecule has 0 spiro atoms. The Morgan fingerprint density at radius 3 is 2.38 bits per heavy atom. The topological polar surface area (TPSA) is 198 Å². The highest BCUT2D eigenvalue weighted by atomic mass is 32.1. The minimum Gasteiger partial charge on any atom is -0.496 e. The van der Waals surface area contributed by atoms with Crippen LogP contribution in [0.2, 0.25) is 0 Å². The molecule has 5 atom stereocenters. The molecule has 1 aromatic carbocycles. The van der Waals surface area contributed by atoms with Gasteiger partial charge in [-0.05, 0) is 81.8 Å². The molecule has 16 heteroatoms. The first-order valence-electron chi connectivity index (χ1n) is 21.4. The predicted molar refractivity (Wildman–Crippen MR) is 231 cm³/mol. The predicted octanol–water partition coefficient (Wildman–Crippen LogP) is 7.08. The van der Waals surface area contributed by atoms with Crippen LogP contribution in [-0.4, -0.2) is 93.2 Å². The van der Waals surface area contributed by atoms with Crippen LogP contribution in [0.15, 0.2) is 30.2 Å². The number of likely N-dealkylation sites (tertiary alicyclic amines) is 1. The molecule has 61 heavy (non-hydrogen) atoms. The number of carboxylic acid groups (broad SMARTS) is 1. The number of carbonyl (C=O) groups excluding carboxylic acids is 4. The molecule has 4 amide bonds. The Hall–Kier alpha value is -5.25. The number of hydrogen-bond acceptors (Lipinski definition) is 11. The number of aliphatic carboxylic acids is 1. The maximum atomic E-state index is 14.7. The maximum absolute atomic E-state index is 14.7. The summed E-state index contributed by atoms with van der Waals surface area (Å²) in [5.41, 5.74) is 0.883. The first-order chi connectivity index (χ1) is 29.0. The van der Waals surface area contributed by atoms with Crippen LogP contribution in [-0.2, 0) is 23.9 Å². The average Bonchev–Trinajstić information content (AvgIpc) is 3.83. The summed E-state index contributed by atoms with van der Waals surface area (Å²) in [6, 6.07) is 1.46. The summed E-state index contributed by atoms with van der Waals surface area (Å²) >= 11 is 1.30. The normalized spacial score (nSPS) is 23.4. The number of alkyl carbamates (subject to hydrolysis) is 1. The molecule has 3 heterocycles. The highest BCUT2D eigenvalue weighted by Gasteiger charge is 2.61. The number of benzene rings is 1. The van der Waals surface area contributed by atoms with Crippen LogP contribution in [0, 0.1) is 31.1 Å². The number of ether oxygens (including phenoxy) is 3. The molecular formula is C45H58N6O9S. The van der Waals surface area contributed by atoms with Gasteiger partial charge in [0, 0.05) is 41.2 Å². The summed E-state index contributed by atoms with van der Waals surface area (Å²) in [6.07, 6.45) is 8.32. The summed E-state index contributed by atoms with van der Waals surface area (Å²) in [5, 5.41) is 21.6. The summed E-state index contributed by atoms with van der Waals surface area (Å²) in [4.78, 5) is 78.7. The van der Waals surface area contributed by atoms with Crippen molar-refractivity contribution in [3.8, 4) is 22.9 Å². The van der Waals surface area contributed by atoms with Crippen molar-refractivity contribution in [2.45, 2.75) is 135 Å². The third kappa shape index (κ3) is 9.33. The van der Waals surface area contributed by atoms with E-state index >= 15 is 0 Å². The monoisotopic (exact) mass is 858 g/mol. The molecule has 15 nitrogen and oxygen atoms in total. The fraction of sp³-hybridized carbons (Fsp3) is 0.578. The van der Waals surface area contributed by atoms with Crippen molar-refractivity contribution in [2.24, 2.45) is 17.3 Å². The molecule has 0 bridgehead atoms. The SMILES string of the molecule is C=C[C@@H]1C[C@]1(NC(=O)[C@@H]1C[C@@H](Oc2cc(-c3csc(NC(=O)CC4CCCC4)n3)nc3c(C)c(OC)c(C)cc23)CN1C(=O)[C@@H](NC(=O)OC1CCCC1)C(C)(C)C)C(=O)O. The number of nitrogens with zero attached hydrogens (tertiary/aromatic N) is 3. The Morgan fingerprint density at radius 2 is 1.74 bits per heavy atom.